The van der Waals surface area contributed by atoms with Gasteiger partial charge >= 0.3 is 0 Å². The summed E-state index contributed by atoms with van der Waals surface area (Å²) < 4.78 is 7.05. The van der Waals surface area contributed by atoms with Crippen molar-refractivity contribution in [2.24, 2.45) is 5.73 Å². The zero-order chi connectivity index (χ0) is 19.5. The molecule has 1 aliphatic rings. The number of morpholine rings is 1. The largest absolute Gasteiger partial charge is 0.367 e. The van der Waals surface area contributed by atoms with E-state index in [1.807, 2.05) is 60.7 Å². The second-order valence-corrected chi connectivity index (χ2v) is 6.55. The van der Waals surface area contributed by atoms with Crippen LogP contribution in [0.2, 0.25) is 0 Å². The van der Waals surface area contributed by atoms with E-state index in [-0.39, 0.29) is 19.1 Å². The van der Waals surface area contributed by atoms with Crippen molar-refractivity contribution in [1.29, 1.82) is 0 Å². The quantitative estimate of drug-likeness (QED) is 0.753. The molecule has 0 spiro atoms. The van der Waals surface area contributed by atoms with Gasteiger partial charge in [-0.15, -0.1) is 0 Å². The number of aromatic nitrogens is 2. The molecule has 2 aromatic carbocycles. The molecule has 1 saturated heterocycles. The summed E-state index contributed by atoms with van der Waals surface area (Å²) >= 11 is 0. The third-order valence-corrected chi connectivity index (χ3v) is 4.68. The maximum Gasteiger partial charge on any atom is 0.257 e. The fourth-order valence-electron chi connectivity index (χ4n) is 3.23. The van der Waals surface area contributed by atoms with Crippen LogP contribution in [0.4, 0.5) is 0 Å². The first-order chi connectivity index (χ1) is 13.6. The number of hydrogen-bond acceptors (Lipinski definition) is 4. The Labute approximate surface area is 162 Å². The molecule has 0 saturated carbocycles. The van der Waals surface area contributed by atoms with Gasteiger partial charge in [0.15, 0.2) is 6.10 Å². The zero-order valence-corrected chi connectivity index (χ0v) is 15.2. The first-order valence-corrected chi connectivity index (χ1v) is 9.04. The highest BCUT2D eigenvalue weighted by atomic mass is 16.5. The van der Waals surface area contributed by atoms with Crippen LogP contribution in [-0.2, 0) is 9.53 Å². The predicted molar refractivity (Wildman–Crippen MR) is 104 cm³/mol. The van der Waals surface area contributed by atoms with Gasteiger partial charge in [0, 0.05) is 18.3 Å². The summed E-state index contributed by atoms with van der Waals surface area (Å²) in [4.78, 5) is 26.3. The second-order valence-electron chi connectivity index (χ2n) is 6.55. The summed E-state index contributed by atoms with van der Waals surface area (Å²) in [5.41, 5.74) is 8.12. The van der Waals surface area contributed by atoms with Gasteiger partial charge in [-0.05, 0) is 12.1 Å². The van der Waals surface area contributed by atoms with Crippen LogP contribution in [0, 0.1) is 0 Å². The summed E-state index contributed by atoms with van der Waals surface area (Å²) in [6, 6.07) is 19.2. The lowest BCUT2D eigenvalue weighted by Gasteiger charge is -2.31. The Bertz CT molecular complexity index is 985. The van der Waals surface area contributed by atoms with Gasteiger partial charge in [-0.3, -0.25) is 9.59 Å². The molecule has 1 atom stereocenters. The summed E-state index contributed by atoms with van der Waals surface area (Å²) in [6.45, 7) is 0.805. The van der Waals surface area contributed by atoms with Crippen molar-refractivity contribution in [3.8, 4) is 16.9 Å². The maximum atomic E-state index is 13.3. The van der Waals surface area contributed by atoms with Crippen molar-refractivity contribution in [2.45, 2.75) is 6.10 Å². The third kappa shape index (κ3) is 3.52. The molecular weight excluding hydrogens is 356 g/mol. The second kappa shape index (κ2) is 7.66. The van der Waals surface area contributed by atoms with Crippen LogP contribution in [0.25, 0.3) is 16.9 Å². The van der Waals surface area contributed by atoms with E-state index in [4.69, 9.17) is 10.5 Å². The molecule has 1 fully saturated rings. The average Bonchev–Trinajstić information content (AvgIpc) is 3.20. The average molecular weight is 376 g/mol. The van der Waals surface area contributed by atoms with Crippen LogP contribution in [0.5, 0.6) is 0 Å². The van der Waals surface area contributed by atoms with Crippen LogP contribution in [0.15, 0.2) is 66.9 Å². The summed E-state index contributed by atoms with van der Waals surface area (Å²) in [5.74, 6) is -0.767. The molecule has 2 N–H and O–H groups in total. The molecule has 1 aliphatic heterocycles. The molecule has 0 bridgehead atoms. The number of ether oxygens (including phenoxy) is 1. The number of para-hydroxylation sites is 1. The number of carbonyl (C=O) groups excluding carboxylic acids is 2. The monoisotopic (exact) mass is 376 g/mol. The molecule has 7 heteroatoms. The van der Waals surface area contributed by atoms with Crippen molar-refractivity contribution in [3.63, 3.8) is 0 Å². The van der Waals surface area contributed by atoms with E-state index in [2.05, 4.69) is 5.10 Å². The fraction of sp³-hybridized carbons (Fsp3) is 0.190. The number of primary amides is 1. The molecule has 1 aromatic heterocycles. The van der Waals surface area contributed by atoms with E-state index in [1.165, 1.54) is 0 Å². The Morgan fingerprint density at radius 1 is 1.04 bits per heavy atom. The Balaban J connectivity index is 1.73. The van der Waals surface area contributed by atoms with E-state index >= 15 is 0 Å². The number of hydrogen-bond donors (Lipinski definition) is 1. The Morgan fingerprint density at radius 3 is 2.39 bits per heavy atom. The normalized spacial score (nSPS) is 16.7. The number of nitrogens with zero attached hydrogens (tertiary/aromatic N) is 3. The van der Waals surface area contributed by atoms with Crippen LogP contribution in [0.1, 0.15) is 10.4 Å². The van der Waals surface area contributed by atoms with Gasteiger partial charge in [-0.1, -0.05) is 48.5 Å². The first kappa shape index (κ1) is 17.9. The molecular formula is C21H20N4O3. The van der Waals surface area contributed by atoms with Crippen molar-refractivity contribution in [1.82, 2.24) is 14.7 Å². The Hall–Kier alpha value is -3.45. The van der Waals surface area contributed by atoms with E-state index in [0.717, 1.165) is 11.3 Å². The van der Waals surface area contributed by atoms with Crippen LogP contribution in [0.3, 0.4) is 0 Å². The smallest absolute Gasteiger partial charge is 0.257 e. The molecule has 28 heavy (non-hydrogen) atoms. The van der Waals surface area contributed by atoms with Crippen molar-refractivity contribution in [3.05, 3.63) is 72.4 Å². The van der Waals surface area contributed by atoms with Crippen molar-refractivity contribution < 1.29 is 14.3 Å². The van der Waals surface area contributed by atoms with Crippen LogP contribution < -0.4 is 5.73 Å². The minimum absolute atomic E-state index is 0.138. The number of amides is 2. The molecule has 4 rings (SSSR count). The van der Waals surface area contributed by atoms with Gasteiger partial charge in [0.1, 0.15) is 5.69 Å². The molecule has 2 heterocycles. The molecule has 0 aliphatic carbocycles. The molecule has 1 unspecified atom stereocenters. The van der Waals surface area contributed by atoms with Gasteiger partial charge in [-0.25, -0.2) is 4.68 Å². The lowest BCUT2D eigenvalue weighted by atomic mass is 10.1. The van der Waals surface area contributed by atoms with Gasteiger partial charge in [0.2, 0.25) is 5.91 Å². The van der Waals surface area contributed by atoms with Gasteiger partial charge < -0.3 is 15.4 Å². The molecule has 7 nitrogen and oxygen atoms in total. The molecule has 3 aromatic rings. The van der Waals surface area contributed by atoms with Gasteiger partial charge in [0.05, 0.1) is 24.4 Å². The van der Waals surface area contributed by atoms with Crippen LogP contribution >= 0.6 is 0 Å². The number of benzene rings is 2. The topological polar surface area (TPSA) is 90.5 Å². The number of carbonyl (C=O) groups is 2. The zero-order valence-electron chi connectivity index (χ0n) is 15.2. The van der Waals surface area contributed by atoms with E-state index in [9.17, 15) is 9.59 Å². The van der Waals surface area contributed by atoms with E-state index < -0.39 is 12.0 Å². The number of nitrogens with two attached hydrogens (primary N) is 1. The molecule has 2 amide bonds. The van der Waals surface area contributed by atoms with Crippen LogP contribution in [-0.4, -0.2) is 52.3 Å². The van der Waals surface area contributed by atoms with E-state index in [1.54, 1.807) is 15.8 Å². The molecule has 142 valence electrons. The molecule has 0 radical (unpaired) electrons. The fourth-order valence-corrected chi connectivity index (χ4v) is 3.23. The summed E-state index contributed by atoms with van der Waals surface area (Å²) in [7, 11) is 0. The summed E-state index contributed by atoms with van der Waals surface area (Å²) in [5, 5.41) is 4.67. The number of rotatable bonds is 4. The maximum absolute atomic E-state index is 13.3. The van der Waals surface area contributed by atoms with Crippen molar-refractivity contribution in [2.75, 3.05) is 19.7 Å². The highest BCUT2D eigenvalue weighted by Gasteiger charge is 2.30. The van der Waals surface area contributed by atoms with E-state index in [0.29, 0.717) is 17.8 Å². The SMILES string of the molecule is NC(=O)C1CN(C(=O)c2cn(-c3ccccc3)nc2-c2ccccc2)CCO1. The van der Waals surface area contributed by atoms with Crippen molar-refractivity contribution >= 4 is 11.8 Å². The highest BCUT2D eigenvalue weighted by Crippen LogP contribution is 2.25. The Morgan fingerprint density at radius 2 is 1.71 bits per heavy atom. The minimum Gasteiger partial charge on any atom is -0.367 e. The summed E-state index contributed by atoms with van der Waals surface area (Å²) in [6.07, 6.45) is 0.941. The lowest BCUT2D eigenvalue weighted by molar-refractivity contribution is -0.133. The predicted octanol–water partition coefficient (Wildman–Crippen LogP) is 1.87. The highest BCUT2D eigenvalue weighted by molar-refractivity contribution is 6.00. The van der Waals surface area contributed by atoms with Gasteiger partial charge in [-0.2, -0.15) is 5.10 Å². The first-order valence-electron chi connectivity index (χ1n) is 9.04. The standard InChI is InChI=1S/C21H20N4O3/c22-20(26)18-14-24(11-12-28-18)21(27)17-13-25(16-9-5-2-6-10-16)23-19(17)15-7-3-1-4-8-15/h1-10,13,18H,11-12,14H2,(H2,22,26). The van der Waals surface area contributed by atoms with Gasteiger partial charge in [0.25, 0.3) is 5.91 Å². The minimum atomic E-state index is -0.790. The lowest BCUT2D eigenvalue weighted by Crippen LogP contribution is -2.50. The third-order valence-electron chi connectivity index (χ3n) is 4.68. The Kier molecular flexibility index (Phi) is 4.90.